The van der Waals surface area contributed by atoms with Gasteiger partial charge in [-0.25, -0.2) is 0 Å². The van der Waals surface area contributed by atoms with Gasteiger partial charge in [0.1, 0.15) is 0 Å². The molecule has 0 saturated heterocycles. The van der Waals surface area contributed by atoms with Crippen molar-refractivity contribution in [3.8, 4) is 0 Å². The molecule has 0 N–H and O–H groups in total. The van der Waals surface area contributed by atoms with E-state index in [4.69, 9.17) is 0 Å². The Morgan fingerprint density at radius 2 is 1.67 bits per heavy atom. The lowest BCUT2D eigenvalue weighted by molar-refractivity contribution is 0.645. The van der Waals surface area contributed by atoms with Gasteiger partial charge in [-0.2, -0.15) is 0 Å². The summed E-state index contributed by atoms with van der Waals surface area (Å²) < 4.78 is 0. The molecule has 0 aliphatic carbocycles. The molecule has 0 aromatic heterocycles. The van der Waals surface area contributed by atoms with Gasteiger partial charge in [0.05, 0.1) is 0 Å². The smallest absolute Gasteiger partial charge is 0.0353 e. The van der Waals surface area contributed by atoms with Crippen molar-refractivity contribution in [2.45, 2.75) is 58.3 Å². The predicted octanol–water partition coefficient (Wildman–Crippen LogP) is 4.52. The first-order valence-electron chi connectivity index (χ1n) is 5.34. The zero-order valence-corrected chi connectivity index (χ0v) is 8.52. The fraction of sp³-hybridized carbons (Fsp3) is 0.750. The van der Waals surface area contributed by atoms with Crippen molar-refractivity contribution >= 4 is 0 Å². The summed E-state index contributed by atoms with van der Waals surface area (Å²) in [6.07, 6.45) is 15.0. The van der Waals surface area contributed by atoms with Crippen molar-refractivity contribution in [2.24, 2.45) is 0 Å². The first-order valence-corrected chi connectivity index (χ1v) is 5.34. The lowest BCUT2D eigenvalue weighted by Gasteiger charge is -1.98. The summed E-state index contributed by atoms with van der Waals surface area (Å²) in [5.74, 6) is 0. The predicted molar refractivity (Wildman–Crippen MR) is 57.1 cm³/mol. The lowest BCUT2D eigenvalue weighted by atomic mass is 10.1. The normalized spacial score (nSPS) is 10.1. The highest BCUT2D eigenvalue weighted by atomic mass is 14.0. The molecule has 0 spiro atoms. The molecule has 0 aromatic carbocycles. The average molecular weight is 167 g/mol. The third-order valence-corrected chi connectivity index (χ3v) is 2.08. The average Bonchev–Trinajstić information content (AvgIpc) is 2.10. The molecule has 0 rings (SSSR count). The zero-order valence-electron chi connectivity index (χ0n) is 8.52. The maximum atomic E-state index is 3.71. The van der Waals surface area contributed by atoms with Crippen LogP contribution in [0.25, 0.3) is 0 Å². The Labute approximate surface area is 78.1 Å². The molecular weight excluding hydrogens is 144 g/mol. The van der Waals surface area contributed by atoms with Crippen LogP contribution < -0.4 is 0 Å². The molecule has 0 aliphatic heterocycles. The molecule has 0 fully saturated rings. The van der Waals surface area contributed by atoms with Crippen LogP contribution in [0.4, 0.5) is 0 Å². The van der Waals surface area contributed by atoms with Crippen LogP contribution in [-0.4, -0.2) is 0 Å². The van der Waals surface area contributed by atoms with Crippen molar-refractivity contribution in [2.75, 3.05) is 0 Å². The van der Waals surface area contributed by atoms with Crippen LogP contribution in [0.15, 0.2) is 12.7 Å². The Morgan fingerprint density at radius 3 is 2.33 bits per heavy atom. The SMILES string of the molecule is C=CCCC[CH]CCCCCC. The Balaban J connectivity index is 2.77. The molecule has 0 saturated carbocycles. The summed E-state index contributed by atoms with van der Waals surface area (Å²) in [4.78, 5) is 0. The molecule has 0 atom stereocenters. The van der Waals surface area contributed by atoms with Gasteiger partial charge in [-0.15, -0.1) is 6.58 Å². The fourth-order valence-electron chi connectivity index (χ4n) is 1.27. The highest BCUT2D eigenvalue weighted by Gasteiger charge is 1.89. The van der Waals surface area contributed by atoms with Gasteiger partial charge in [0.15, 0.2) is 0 Å². The molecule has 0 nitrogen and oxygen atoms in total. The van der Waals surface area contributed by atoms with E-state index in [0.29, 0.717) is 0 Å². The first-order chi connectivity index (χ1) is 5.91. The summed E-state index contributed by atoms with van der Waals surface area (Å²) in [5.41, 5.74) is 0. The maximum Gasteiger partial charge on any atom is -0.0353 e. The highest BCUT2D eigenvalue weighted by Crippen LogP contribution is 2.08. The zero-order chi connectivity index (χ0) is 9.07. The molecule has 0 bridgehead atoms. The van der Waals surface area contributed by atoms with Crippen LogP contribution in [0.1, 0.15) is 58.3 Å². The second-order valence-corrected chi connectivity index (χ2v) is 3.36. The van der Waals surface area contributed by atoms with Crippen molar-refractivity contribution in [3.05, 3.63) is 19.1 Å². The van der Waals surface area contributed by atoms with Crippen LogP contribution in [-0.2, 0) is 0 Å². The number of rotatable bonds is 9. The Morgan fingerprint density at radius 1 is 0.917 bits per heavy atom. The second kappa shape index (κ2) is 10.7. The van der Waals surface area contributed by atoms with Gasteiger partial charge in [0.25, 0.3) is 0 Å². The number of allylic oxidation sites excluding steroid dienone is 1. The standard InChI is InChI=1S/C12H23/c1-3-5-7-9-11-12-10-8-6-4-2/h3,11H,1,4-10,12H2,2H3. The van der Waals surface area contributed by atoms with Gasteiger partial charge in [-0.3, -0.25) is 0 Å². The minimum atomic E-state index is 1.17. The Bertz CT molecular complexity index is 84.0. The first kappa shape index (κ1) is 11.7. The van der Waals surface area contributed by atoms with Crippen LogP contribution in [0.3, 0.4) is 0 Å². The maximum absolute atomic E-state index is 3.71. The van der Waals surface area contributed by atoms with Gasteiger partial charge in [0.2, 0.25) is 0 Å². The molecule has 71 valence electrons. The monoisotopic (exact) mass is 167 g/mol. The number of unbranched alkanes of at least 4 members (excludes halogenated alkanes) is 8. The molecule has 0 unspecified atom stereocenters. The van der Waals surface area contributed by atoms with E-state index in [1.807, 2.05) is 6.08 Å². The molecular formula is C12H23. The Hall–Kier alpha value is -0.260. The van der Waals surface area contributed by atoms with E-state index in [0.717, 1.165) is 0 Å². The largest absolute Gasteiger partial charge is 0.103 e. The molecule has 0 amide bonds. The van der Waals surface area contributed by atoms with E-state index in [1.165, 1.54) is 51.4 Å². The molecule has 0 aliphatic rings. The summed E-state index contributed by atoms with van der Waals surface area (Å²) in [5, 5.41) is 0. The topological polar surface area (TPSA) is 0 Å². The van der Waals surface area contributed by atoms with Crippen molar-refractivity contribution in [1.82, 2.24) is 0 Å². The molecule has 0 aromatic rings. The number of hydrogen-bond donors (Lipinski definition) is 0. The van der Waals surface area contributed by atoms with Crippen LogP contribution >= 0.6 is 0 Å². The summed E-state index contributed by atoms with van der Waals surface area (Å²) in [6, 6.07) is 0. The van der Waals surface area contributed by atoms with E-state index >= 15 is 0 Å². The Kier molecular flexibility index (Phi) is 10.5. The minimum absolute atomic E-state index is 1.17. The van der Waals surface area contributed by atoms with Gasteiger partial charge < -0.3 is 0 Å². The minimum Gasteiger partial charge on any atom is -0.103 e. The van der Waals surface area contributed by atoms with Gasteiger partial charge in [0, 0.05) is 0 Å². The van der Waals surface area contributed by atoms with E-state index in [2.05, 4.69) is 19.9 Å². The van der Waals surface area contributed by atoms with E-state index in [1.54, 1.807) is 0 Å². The molecule has 1 radical (unpaired) electrons. The molecule has 0 heteroatoms. The van der Waals surface area contributed by atoms with Crippen LogP contribution in [0.5, 0.6) is 0 Å². The fourth-order valence-corrected chi connectivity index (χ4v) is 1.27. The van der Waals surface area contributed by atoms with Gasteiger partial charge in [-0.05, 0) is 25.7 Å². The van der Waals surface area contributed by atoms with Crippen LogP contribution in [0, 0.1) is 6.42 Å². The molecule has 12 heavy (non-hydrogen) atoms. The quantitative estimate of drug-likeness (QED) is 0.350. The summed E-state index contributed by atoms with van der Waals surface area (Å²) in [7, 11) is 0. The van der Waals surface area contributed by atoms with E-state index < -0.39 is 0 Å². The van der Waals surface area contributed by atoms with Crippen LogP contribution in [0.2, 0.25) is 0 Å². The highest BCUT2D eigenvalue weighted by molar-refractivity contribution is 4.70. The van der Waals surface area contributed by atoms with Gasteiger partial charge in [-0.1, -0.05) is 45.1 Å². The van der Waals surface area contributed by atoms with Crippen molar-refractivity contribution < 1.29 is 0 Å². The van der Waals surface area contributed by atoms with Crippen molar-refractivity contribution in [3.63, 3.8) is 0 Å². The van der Waals surface area contributed by atoms with Gasteiger partial charge >= 0.3 is 0 Å². The third-order valence-electron chi connectivity index (χ3n) is 2.08. The van der Waals surface area contributed by atoms with Crippen molar-refractivity contribution in [1.29, 1.82) is 0 Å². The summed E-state index contributed by atoms with van der Waals surface area (Å²) in [6.45, 7) is 5.96. The summed E-state index contributed by atoms with van der Waals surface area (Å²) >= 11 is 0. The lowest BCUT2D eigenvalue weighted by Crippen LogP contribution is -1.80. The molecule has 0 heterocycles. The second-order valence-electron chi connectivity index (χ2n) is 3.36. The van der Waals surface area contributed by atoms with E-state index in [9.17, 15) is 0 Å². The van der Waals surface area contributed by atoms with E-state index in [-0.39, 0.29) is 0 Å². The third kappa shape index (κ3) is 9.74. The number of hydrogen-bond acceptors (Lipinski definition) is 0.